The third kappa shape index (κ3) is 8.37. The Hall–Kier alpha value is -4.48. The van der Waals surface area contributed by atoms with E-state index >= 15 is 4.39 Å². The second-order valence-corrected chi connectivity index (χ2v) is 11.5. The van der Waals surface area contributed by atoms with E-state index in [1.54, 1.807) is 29.2 Å². The molecular formula is C34H43FN6O4. The number of hydrazone groups is 1. The molecule has 45 heavy (non-hydrogen) atoms. The van der Waals surface area contributed by atoms with Gasteiger partial charge >= 0.3 is 6.09 Å². The van der Waals surface area contributed by atoms with Crippen LogP contribution in [-0.4, -0.2) is 61.1 Å². The summed E-state index contributed by atoms with van der Waals surface area (Å²) in [5, 5.41) is 21.9. The van der Waals surface area contributed by atoms with Crippen molar-refractivity contribution in [1.82, 2.24) is 15.5 Å². The summed E-state index contributed by atoms with van der Waals surface area (Å²) in [6, 6.07) is 19.7. The molecule has 0 saturated carbocycles. The number of methoxy groups -OCH3 is 1. The number of carbonyl (C=O) groups is 2. The normalized spacial score (nSPS) is 16.6. The van der Waals surface area contributed by atoms with Crippen LogP contribution in [0.15, 0.2) is 71.8 Å². The third-order valence-electron chi connectivity index (χ3n) is 8.36. The number of ether oxygens (including phenoxy) is 1. The van der Waals surface area contributed by atoms with Crippen molar-refractivity contribution in [1.29, 1.82) is 0 Å². The van der Waals surface area contributed by atoms with Crippen LogP contribution in [0.3, 0.4) is 0 Å². The van der Waals surface area contributed by atoms with Crippen LogP contribution >= 0.6 is 0 Å². The van der Waals surface area contributed by atoms with Gasteiger partial charge in [0, 0.05) is 43.2 Å². The number of rotatable bonds is 12. The summed E-state index contributed by atoms with van der Waals surface area (Å²) in [4.78, 5) is 27.1. The first kappa shape index (κ1) is 33.4. The van der Waals surface area contributed by atoms with E-state index in [2.05, 4.69) is 20.5 Å². The maximum absolute atomic E-state index is 15.6. The zero-order valence-corrected chi connectivity index (χ0v) is 25.9. The number of nitrogens with two attached hydrogens (primary N) is 2. The quantitative estimate of drug-likeness (QED) is 0.0676. The van der Waals surface area contributed by atoms with Crippen molar-refractivity contribution >= 4 is 17.8 Å². The fourth-order valence-corrected chi connectivity index (χ4v) is 6.04. The lowest BCUT2D eigenvalue weighted by Crippen LogP contribution is -2.48. The number of likely N-dealkylation sites (tertiary alicyclic amines) is 1. The first-order valence-corrected chi connectivity index (χ1v) is 15.2. The average Bonchev–Trinajstić information content (AvgIpc) is 3.06. The number of aryl methyl sites for hydroxylation is 1. The molecule has 11 heteroatoms. The lowest BCUT2D eigenvalue weighted by Gasteiger charge is -2.43. The number of nitrogens with zero attached hydrogens (tertiary/aromatic N) is 2. The lowest BCUT2D eigenvalue weighted by atomic mass is 9.72. The fraction of sp³-hybridized carbons (Fsp3) is 0.382. The highest BCUT2D eigenvalue weighted by Gasteiger charge is 2.43. The summed E-state index contributed by atoms with van der Waals surface area (Å²) in [5.41, 5.74) is 8.11. The Bertz CT molecular complexity index is 1500. The molecule has 0 aliphatic carbocycles. The van der Waals surface area contributed by atoms with Gasteiger partial charge in [0.1, 0.15) is 11.7 Å². The Morgan fingerprint density at radius 1 is 1.16 bits per heavy atom. The van der Waals surface area contributed by atoms with Gasteiger partial charge in [-0.25, -0.2) is 9.18 Å². The number of amidine groups is 1. The van der Waals surface area contributed by atoms with Crippen LogP contribution in [0, 0.1) is 18.7 Å². The van der Waals surface area contributed by atoms with Crippen LogP contribution in [0.25, 0.3) is 11.1 Å². The van der Waals surface area contributed by atoms with E-state index in [0.717, 1.165) is 11.1 Å². The Balaban J connectivity index is 1.60. The molecule has 240 valence electrons. The summed E-state index contributed by atoms with van der Waals surface area (Å²) in [7, 11) is 1.29. The molecule has 3 aromatic rings. The zero-order chi connectivity index (χ0) is 32.4. The Morgan fingerprint density at radius 2 is 1.91 bits per heavy atom. The van der Waals surface area contributed by atoms with E-state index < -0.39 is 17.5 Å². The first-order chi connectivity index (χ1) is 21.7. The molecule has 1 aliphatic rings. The number of alkyl carbamates (subject to hydrolysis) is 1. The highest BCUT2D eigenvalue weighted by atomic mass is 19.1. The number of carbonyl (C=O) groups excluding carboxylic acids is 2. The van der Waals surface area contributed by atoms with Gasteiger partial charge in [-0.1, -0.05) is 54.1 Å². The van der Waals surface area contributed by atoms with Crippen molar-refractivity contribution in [3.63, 3.8) is 0 Å². The number of aliphatic hydroxyl groups is 1. The van der Waals surface area contributed by atoms with Gasteiger partial charge in [0.15, 0.2) is 0 Å². The van der Waals surface area contributed by atoms with Crippen LogP contribution in [0.5, 0.6) is 0 Å². The minimum atomic E-state index is -1.48. The molecule has 1 heterocycles. The molecule has 2 amide bonds. The van der Waals surface area contributed by atoms with E-state index in [9.17, 15) is 14.7 Å². The standard InChI is InChI=1S/C34H43FN6O4/c1-23-7-3-8-26(19-23)31-28(10-4-11-29(31)35)34(44,16-6-17-39-33(43)45-2)27-9-5-18-41(22-27)32(42)25-14-12-24(13-15-25)20-38-21-30(36)40-37/h3-4,7-8,10-15,19,27,38,44H,5-6,9,16-18,20-22,37H2,1-2H3,(H2,36,40)(H,39,43)/t27-,34?/m1/s1. The Kier molecular flexibility index (Phi) is 11.5. The Morgan fingerprint density at radius 3 is 2.62 bits per heavy atom. The van der Waals surface area contributed by atoms with Gasteiger partial charge < -0.3 is 37.0 Å². The maximum atomic E-state index is 15.6. The number of nitrogens with one attached hydrogen (secondary N) is 2. The highest BCUT2D eigenvalue weighted by molar-refractivity contribution is 5.94. The number of amides is 2. The number of hydrogen-bond acceptors (Lipinski definition) is 7. The molecule has 3 aromatic carbocycles. The smallest absolute Gasteiger partial charge is 0.406 e. The van der Waals surface area contributed by atoms with Gasteiger partial charge in [-0.15, -0.1) is 0 Å². The zero-order valence-electron chi connectivity index (χ0n) is 25.9. The summed E-state index contributed by atoms with van der Waals surface area (Å²) < 4.78 is 20.3. The van der Waals surface area contributed by atoms with Crippen LogP contribution in [0.4, 0.5) is 9.18 Å². The molecule has 0 aromatic heterocycles. The minimum absolute atomic E-state index is 0.133. The molecule has 0 radical (unpaired) electrons. The molecule has 1 fully saturated rings. The van der Waals surface area contributed by atoms with Gasteiger partial charge in [-0.05, 0) is 67.5 Å². The summed E-state index contributed by atoms with van der Waals surface area (Å²) in [5.74, 6) is 4.52. The second-order valence-electron chi connectivity index (χ2n) is 11.5. The van der Waals surface area contributed by atoms with Gasteiger partial charge in [-0.2, -0.15) is 5.10 Å². The molecule has 0 bridgehead atoms. The van der Waals surface area contributed by atoms with E-state index in [1.165, 1.54) is 13.2 Å². The summed E-state index contributed by atoms with van der Waals surface area (Å²) >= 11 is 0. The van der Waals surface area contributed by atoms with E-state index in [1.807, 2.05) is 43.3 Å². The predicted octanol–water partition coefficient (Wildman–Crippen LogP) is 4.00. The molecule has 2 atom stereocenters. The van der Waals surface area contributed by atoms with Crippen molar-refractivity contribution in [3.05, 3.63) is 94.8 Å². The van der Waals surface area contributed by atoms with Crippen molar-refractivity contribution < 1.29 is 23.8 Å². The molecule has 1 aliphatic heterocycles. The molecule has 1 unspecified atom stereocenters. The Labute approximate surface area is 263 Å². The van der Waals surface area contributed by atoms with E-state index in [-0.39, 0.29) is 24.8 Å². The van der Waals surface area contributed by atoms with Crippen molar-refractivity contribution in [2.24, 2.45) is 22.6 Å². The average molecular weight is 619 g/mol. The van der Waals surface area contributed by atoms with Gasteiger partial charge in [0.25, 0.3) is 5.91 Å². The van der Waals surface area contributed by atoms with Crippen LogP contribution in [-0.2, 0) is 16.9 Å². The van der Waals surface area contributed by atoms with Crippen LogP contribution < -0.4 is 22.2 Å². The monoisotopic (exact) mass is 618 g/mol. The summed E-state index contributed by atoms with van der Waals surface area (Å²) in [6.45, 7) is 3.94. The fourth-order valence-electron chi connectivity index (χ4n) is 6.04. The topological polar surface area (TPSA) is 155 Å². The second kappa shape index (κ2) is 15.5. The predicted molar refractivity (Wildman–Crippen MR) is 173 cm³/mol. The minimum Gasteiger partial charge on any atom is -0.453 e. The maximum Gasteiger partial charge on any atom is 0.406 e. The van der Waals surface area contributed by atoms with E-state index in [4.69, 9.17) is 11.6 Å². The molecule has 7 N–H and O–H groups in total. The van der Waals surface area contributed by atoms with Crippen molar-refractivity contribution in [2.45, 2.75) is 44.8 Å². The van der Waals surface area contributed by atoms with Gasteiger partial charge in [0.05, 0.1) is 19.3 Å². The van der Waals surface area contributed by atoms with Gasteiger partial charge in [-0.3, -0.25) is 4.79 Å². The third-order valence-corrected chi connectivity index (χ3v) is 8.36. The molecule has 4 rings (SSSR count). The molecule has 0 spiro atoms. The largest absolute Gasteiger partial charge is 0.453 e. The van der Waals surface area contributed by atoms with Crippen molar-refractivity contribution in [3.8, 4) is 11.1 Å². The van der Waals surface area contributed by atoms with Gasteiger partial charge in [0.2, 0.25) is 0 Å². The number of hydrogen-bond donors (Lipinski definition) is 5. The molecule has 10 nitrogen and oxygen atoms in total. The summed E-state index contributed by atoms with van der Waals surface area (Å²) in [6.07, 6.45) is 1.43. The van der Waals surface area contributed by atoms with Crippen LogP contribution in [0.1, 0.15) is 52.7 Å². The molecule has 1 saturated heterocycles. The van der Waals surface area contributed by atoms with E-state index in [0.29, 0.717) is 73.5 Å². The number of halogens is 1. The highest BCUT2D eigenvalue weighted by Crippen LogP contribution is 2.44. The SMILES string of the molecule is COC(=O)NCCCC(O)(c1cccc(F)c1-c1cccc(C)c1)[C@@H]1CCCN(C(=O)c2ccc(CNC/C(N)=N/N)cc2)C1. The van der Waals surface area contributed by atoms with Crippen molar-refractivity contribution in [2.75, 3.05) is 33.3 Å². The lowest BCUT2D eigenvalue weighted by molar-refractivity contribution is -0.0564. The number of benzene rings is 3. The molecular weight excluding hydrogens is 575 g/mol. The number of piperidine rings is 1. The van der Waals surface area contributed by atoms with Crippen LogP contribution in [0.2, 0.25) is 0 Å². The first-order valence-electron chi connectivity index (χ1n) is 15.2.